The number of nitrogens with one attached hydrogen (secondary N) is 1. The molecule has 1 aromatic rings. The van der Waals surface area contributed by atoms with Crippen LogP contribution < -0.4 is 5.32 Å². The number of hydrogen-bond acceptors (Lipinski definition) is 4. The quantitative estimate of drug-likeness (QED) is 0.881. The van der Waals surface area contributed by atoms with Crippen LogP contribution in [0, 0.1) is 0 Å². The van der Waals surface area contributed by atoms with E-state index in [4.69, 9.17) is 0 Å². The zero-order valence-electron chi connectivity index (χ0n) is 11.1. The first kappa shape index (κ1) is 13.0. The first-order chi connectivity index (χ1) is 9.08. The Kier molecular flexibility index (Phi) is 3.30. The second-order valence-electron chi connectivity index (χ2n) is 5.49. The molecule has 0 bridgehead atoms. The Labute approximate surface area is 116 Å². The van der Waals surface area contributed by atoms with E-state index in [1.54, 1.807) is 16.4 Å². The SMILES string of the molecule is Cn1nc(C2CCC2)cc1NC(=O)C1(O)CCSC1. The smallest absolute Gasteiger partial charge is 0.258 e. The van der Waals surface area contributed by atoms with Crippen molar-refractivity contribution in [3.8, 4) is 0 Å². The molecule has 1 aliphatic heterocycles. The maximum Gasteiger partial charge on any atom is 0.258 e. The normalized spacial score (nSPS) is 27.3. The van der Waals surface area contributed by atoms with Crippen LogP contribution in [0.1, 0.15) is 37.3 Å². The highest BCUT2D eigenvalue weighted by atomic mass is 32.2. The fraction of sp³-hybridized carbons (Fsp3) is 0.692. The molecule has 0 spiro atoms. The number of nitrogens with zero attached hydrogens (tertiary/aromatic N) is 2. The Morgan fingerprint density at radius 2 is 2.42 bits per heavy atom. The molecule has 6 heteroatoms. The van der Waals surface area contributed by atoms with Gasteiger partial charge in [0.05, 0.1) is 5.69 Å². The lowest BCUT2D eigenvalue weighted by molar-refractivity contribution is -0.131. The number of aryl methyl sites for hydroxylation is 1. The largest absolute Gasteiger partial charge is 0.379 e. The number of carbonyl (C=O) groups is 1. The van der Waals surface area contributed by atoms with Crippen LogP contribution >= 0.6 is 11.8 Å². The highest BCUT2D eigenvalue weighted by molar-refractivity contribution is 7.99. The molecule has 1 unspecified atom stereocenters. The van der Waals surface area contributed by atoms with Gasteiger partial charge in [0.2, 0.25) is 0 Å². The van der Waals surface area contributed by atoms with Gasteiger partial charge in [0, 0.05) is 24.8 Å². The maximum absolute atomic E-state index is 12.1. The van der Waals surface area contributed by atoms with E-state index in [0.717, 1.165) is 11.4 Å². The van der Waals surface area contributed by atoms with E-state index in [0.29, 0.717) is 23.9 Å². The molecule has 0 radical (unpaired) electrons. The standard InChI is InChI=1S/C13H19N3O2S/c1-16-11(7-10(15-16)9-3-2-4-9)14-12(17)13(18)5-6-19-8-13/h7,9,18H,2-6,8H2,1H3,(H,14,17). The van der Waals surface area contributed by atoms with Crippen LogP contribution in [0.3, 0.4) is 0 Å². The minimum absolute atomic E-state index is 0.305. The van der Waals surface area contributed by atoms with Crippen LogP contribution in [-0.4, -0.2) is 37.9 Å². The summed E-state index contributed by atoms with van der Waals surface area (Å²) in [6.07, 6.45) is 4.16. The molecule has 1 saturated carbocycles. The molecule has 2 fully saturated rings. The van der Waals surface area contributed by atoms with Gasteiger partial charge in [-0.15, -0.1) is 0 Å². The van der Waals surface area contributed by atoms with Crippen LogP contribution in [0.15, 0.2) is 6.07 Å². The van der Waals surface area contributed by atoms with Crippen molar-refractivity contribution in [2.75, 3.05) is 16.8 Å². The van der Waals surface area contributed by atoms with Crippen LogP contribution in [-0.2, 0) is 11.8 Å². The summed E-state index contributed by atoms with van der Waals surface area (Å²) in [6.45, 7) is 0. The Morgan fingerprint density at radius 1 is 1.63 bits per heavy atom. The number of carbonyl (C=O) groups excluding carboxylic acids is 1. The third kappa shape index (κ3) is 2.39. The molecule has 1 saturated heterocycles. The van der Waals surface area contributed by atoms with Gasteiger partial charge in [-0.2, -0.15) is 16.9 Å². The van der Waals surface area contributed by atoms with E-state index in [9.17, 15) is 9.90 Å². The van der Waals surface area contributed by atoms with E-state index in [2.05, 4.69) is 10.4 Å². The lowest BCUT2D eigenvalue weighted by Crippen LogP contribution is -2.43. The summed E-state index contributed by atoms with van der Waals surface area (Å²) in [5.74, 6) is 2.23. The van der Waals surface area contributed by atoms with E-state index < -0.39 is 5.60 Å². The Balaban J connectivity index is 1.72. The van der Waals surface area contributed by atoms with Gasteiger partial charge >= 0.3 is 0 Å². The number of rotatable bonds is 3. The van der Waals surface area contributed by atoms with E-state index in [1.807, 2.05) is 13.1 Å². The van der Waals surface area contributed by atoms with Gasteiger partial charge in [0.1, 0.15) is 5.82 Å². The lowest BCUT2D eigenvalue weighted by atomic mass is 9.83. The number of anilines is 1. The van der Waals surface area contributed by atoms with Crippen molar-refractivity contribution in [3.63, 3.8) is 0 Å². The maximum atomic E-state index is 12.1. The zero-order chi connectivity index (χ0) is 13.5. The Bertz CT molecular complexity index is 490. The molecule has 1 aromatic heterocycles. The lowest BCUT2D eigenvalue weighted by Gasteiger charge is -2.22. The minimum atomic E-state index is -1.22. The Hall–Kier alpha value is -1.01. The van der Waals surface area contributed by atoms with Gasteiger partial charge in [-0.25, -0.2) is 0 Å². The summed E-state index contributed by atoms with van der Waals surface area (Å²) in [5, 5.41) is 17.5. The Morgan fingerprint density at radius 3 is 3.00 bits per heavy atom. The molecule has 5 nitrogen and oxygen atoms in total. The molecular weight excluding hydrogens is 262 g/mol. The average Bonchev–Trinajstić information content (AvgIpc) is 2.86. The van der Waals surface area contributed by atoms with E-state index in [1.165, 1.54) is 19.3 Å². The van der Waals surface area contributed by atoms with Crippen molar-refractivity contribution >= 4 is 23.5 Å². The molecule has 1 aliphatic carbocycles. The topological polar surface area (TPSA) is 67.2 Å². The predicted molar refractivity (Wildman–Crippen MR) is 75.3 cm³/mol. The molecule has 104 valence electrons. The van der Waals surface area contributed by atoms with Crippen molar-refractivity contribution in [2.45, 2.75) is 37.2 Å². The van der Waals surface area contributed by atoms with Crippen molar-refractivity contribution in [1.82, 2.24) is 9.78 Å². The van der Waals surface area contributed by atoms with Crippen molar-refractivity contribution in [3.05, 3.63) is 11.8 Å². The summed E-state index contributed by atoms with van der Waals surface area (Å²) < 4.78 is 1.69. The first-order valence-electron chi connectivity index (χ1n) is 6.74. The van der Waals surface area contributed by atoms with Crippen molar-refractivity contribution in [2.24, 2.45) is 7.05 Å². The molecule has 2 N–H and O–H groups in total. The van der Waals surface area contributed by atoms with Gasteiger partial charge < -0.3 is 10.4 Å². The van der Waals surface area contributed by atoms with E-state index >= 15 is 0 Å². The summed E-state index contributed by atoms with van der Waals surface area (Å²) in [5.41, 5.74) is -0.164. The fourth-order valence-electron chi connectivity index (χ4n) is 2.48. The molecule has 19 heavy (non-hydrogen) atoms. The zero-order valence-corrected chi connectivity index (χ0v) is 11.9. The van der Waals surface area contributed by atoms with Gasteiger partial charge in [0.25, 0.3) is 5.91 Å². The summed E-state index contributed by atoms with van der Waals surface area (Å²) in [4.78, 5) is 12.1. The summed E-state index contributed by atoms with van der Waals surface area (Å²) in [7, 11) is 1.82. The van der Waals surface area contributed by atoms with Crippen molar-refractivity contribution < 1.29 is 9.90 Å². The highest BCUT2D eigenvalue weighted by Crippen LogP contribution is 2.36. The number of aromatic nitrogens is 2. The van der Waals surface area contributed by atoms with Crippen LogP contribution in [0.5, 0.6) is 0 Å². The fourth-order valence-corrected chi connectivity index (χ4v) is 3.72. The number of aliphatic hydroxyl groups is 1. The monoisotopic (exact) mass is 281 g/mol. The second-order valence-corrected chi connectivity index (χ2v) is 6.60. The molecule has 2 heterocycles. The van der Waals surface area contributed by atoms with Gasteiger partial charge in [-0.05, 0) is 25.0 Å². The van der Waals surface area contributed by atoms with Crippen LogP contribution in [0.2, 0.25) is 0 Å². The second kappa shape index (κ2) is 4.83. The van der Waals surface area contributed by atoms with Gasteiger partial charge in [-0.3, -0.25) is 9.48 Å². The first-order valence-corrected chi connectivity index (χ1v) is 7.89. The number of hydrogen-bond donors (Lipinski definition) is 2. The highest BCUT2D eigenvalue weighted by Gasteiger charge is 2.40. The van der Waals surface area contributed by atoms with Crippen LogP contribution in [0.4, 0.5) is 5.82 Å². The molecule has 1 atom stereocenters. The molecule has 2 aliphatic rings. The van der Waals surface area contributed by atoms with Gasteiger partial charge in [-0.1, -0.05) is 6.42 Å². The minimum Gasteiger partial charge on any atom is -0.379 e. The summed E-state index contributed by atoms with van der Waals surface area (Å²) >= 11 is 1.61. The van der Waals surface area contributed by atoms with Crippen LogP contribution in [0.25, 0.3) is 0 Å². The third-order valence-corrected chi connectivity index (χ3v) is 5.26. The van der Waals surface area contributed by atoms with E-state index in [-0.39, 0.29) is 5.91 Å². The van der Waals surface area contributed by atoms with Gasteiger partial charge in [0.15, 0.2) is 5.60 Å². The molecule has 3 rings (SSSR count). The summed E-state index contributed by atoms with van der Waals surface area (Å²) in [6, 6.07) is 1.94. The third-order valence-electron chi connectivity index (χ3n) is 4.09. The number of amides is 1. The average molecular weight is 281 g/mol. The number of thioether (sulfide) groups is 1. The molecule has 1 amide bonds. The molecular formula is C13H19N3O2S. The van der Waals surface area contributed by atoms with Crippen molar-refractivity contribution in [1.29, 1.82) is 0 Å². The predicted octanol–water partition coefficient (Wildman–Crippen LogP) is 1.49. The molecule has 0 aromatic carbocycles.